The maximum atomic E-state index is 12.2. The van der Waals surface area contributed by atoms with E-state index in [0.717, 1.165) is 18.7 Å². The van der Waals surface area contributed by atoms with Crippen molar-refractivity contribution in [1.82, 2.24) is 35.5 Å². The lowest BCUT2D eigenvalue weighted by Gasteiger charge is -2.05. The molecule has 0 aliphatic heterocycles. The summed E-state index contributed by atoms with van der Waals surface area (Å²) in [6.07, 6.45) is 6.61. The summed E-state index contributed by atoms with van der Waals surface area (Å²) >= 11 is 1.36. The van der Waals surface area contributed by atoms with E-state index in [2.05, 4.69) is 30.8 Å². The average molecular weight is 303 g/mol. The van der Waals surface area contributed by atoms with E-state index in [1.54, 1.807) is 12.4 Å². The molecule has 2 N–H and O–H groups in total. The van der Waals surface area contributed by atoms with Crippen LogP contribution in [0, 0.1) is 0 Å². The maximum Gasteiger partial charge on any atom is 0.263 e. The highest BCUT2D eigenvalue weighted by Crippen LogP contribution is 2.19. The smallest absolute Gasteiger partial charge is 0.263 e. The summed E-state index contributed by atoms with van der Waals surface area (Å²) in [5.41, 5.74) is 0.688. The third-order valence-corrected chi connectivity index (χ3v) is 3.78. The maximum absolute atomic E-state index is 12.2. The molecular formula is C12H13N7OS. The lowest BCUT2D eigenvalue weighted by atomic mass is 10.3. The number of rotatable bonds is 6. The number of hydrogen-bond acceptors (Lipinski definition) is 6. The molecule has 0 aromatic carbocycles. The predicted molar refractivity (Wildman–Crippen MR) is 76.3 cm³/mol. The summed E-state index contributed by atoms with van der Waals surface area (Å²) in [4.78, 5) is 19.9. The van der Waals surface area contributed by atoms with E-state index >= 15 is 0 Å². The van der Waals surface area contributed by atoms with Crippen LogP contribution in [0.5, 0.6) is 0 Å². The number of carbonyl (C=O) groups is 1. The fourth-order valence-electron chi connectivity index (χ4n) is 1.90. The van der Waals surface area contributed by atoms with E-state index in [-0.39, 0.29) is 5.91 Å². The van der Waals surface area contributed by atoms with Gasteiger partial charge in [0.2, 0.25) is 0 Å². The van der Waals surface area contributed by atoms with Crippen LogP contribution in [0.25, 0.3) is 5.69 Å². The molecule has 0 radical (unpaired) electrons. The zero-order valence-electron chi connectivity index (χ0n) is 11.1. The zero-order chi connectivity index (χ0) is 14.5. The zero-order valence-corrected chi connectivity index (χ0v) is 11.9. The van der Waals surface area contributed by atoms with Crippen molar-refractivity contribution in [3.05, 3.63) is 40.9 Å². The van der Waals surface area contributed by atoms with Gasteiger partial charge in [0.15, 0.2) is 0 Å². The molecular weight excluding hydrogens is 290 g/mol. The Kier molecular flexibility index (Phi) is 4.01. The fraction of sp³-hybridized carbons (Fsp3) is 0.250. The van der Waals surface area contributed by atoms with Crippen LogP contribution in [0.1, 0.15) is 21.9 Å². The van der Waals surface area contributed by atoms with Crippen LogP contribution in [0.2, 0.25) is 0 Å². The number of hydrogen-bond donors (Lipinski definition) is 2. The quantitative estimate of drug-likeness (QED) is 0.656. The summed E-state index contributed by atoms with van der Waals surface area (Å²) in [6.45, 7) is 0.590. The van der Waals surface area contributed by atoms with Gasteiger partial charge in [-0.3, -0.25) is 4.79 Å². The second-order valence-electron chi connectivity index (χ2n) is 4.28. The van der Waals surface area contributed by atoms with Gasteiger partial charge in [-0.25, -0.2) is 4.98 Å². The molecule has 0 saturated carbocycles. The van der Waals surface area contributed by atoms with Gasteiger partial charge in [-0.05, 0) is 28.3 Å². The molecule has 21 heavy (non-hydrogen) atoms. The van der Waals surface area contributed by atoms with Crippen molar-refractivity contribution in [2.45, 2.75) is 12.8 Å². The molecule has 9 heteroatoms. The van der Waals surface area contributed by atoms with E-state index in [4.69, 9.17) is 0 Å². The van der Waals surface area contributed by atoms with Gasteiger partial charge >= 0.3 is 0 Å². The van der Waals surface area contributed by atoms with Crippen LogP contribution in [-0.2, 0) is 6.42 Å². The van der Waals surface area contributed by atoms with Crippen molar-refractivity contribution in [2.24, 2.45) is 0 Å². The Hall–Kier alpha value is -2.55. The predicted octanol–water partition coefficient (Wildman–Crippen LogP) is 0.809. The molecule has 3 heterocycles. The third-order valence-electron chi connectivity index (χ3n) is 2.88. The molecule has 3 aromatic heterocycles. The van der Waals surface area contributed by atoms with E-state index in [9.17, 15) is 4.79 Å². The molecule has 0 spiro atoms. The molecule has 0 unspecified atom stereocenters. The van der Waals surface area contributed by atoms with Gasteiger partial charge in [0.05, 0.1) is 5.69 Å². The largest absolute Gasteiger partial charge is 0.351 e. The van der Waals surface area contributed by atoms with Gasteiger partial charge < -0.3 is 10.3 Å². The van der Waals surface area contributed by atoms with Crippen molar-refractivity contribution in [2.75, 3.05) is 6.54 Å². The number of nitrogens with zero attached hydrogens (tertiary/aromatic N) is 5. The third kappa shape index (κ3) is 3.14. The van der Waals surface area contributed by atoms with Gasteiger partial charge in [-0.15, -0.1) is 16.4 Å². The van der Waals surface area contributed by atoms with Crippen LogP contribution in [0.4, 0.5) is 0 Å². The highest BCUT2D eigenvalue weighted by Gasteiger charge is 2.15. The number of aryl methyl sites for hydroxylation is 1. The summed E-state index contributed by atoms with van der Waals surface area (Å²) in [5, 5.41) is 15.7. The Labute approximate surface area is 124 Å². The first-order valence-corrected chi connectivity index (χ1v) is 7.30. The van der Waals surface area contributed by atoms with Gasteiger partial charge in [0.1, 0.15) is 17.0 Å². The van der Waals surface area contributed by atoms with E-state index < -0.39 is 0 Å². The van der Waals surface area contributed by atoms with Crippen LogP contribution in [0.3, 0.4) is 0 Å². The molecule has 0 aliphatic carbocycles. The van der Waals surface area contributed by atoms with Crippen LogP contribution in [0.15, 0.2) is 30.2 Å². The van der Waals surface area contributed by atoms with Crippen LogP contribution in [-0.4, -0.2) is 42.6 Å². The summed E-state index contributed by atoms with van der Waals surface area (Å²) in [7, 11) is 0. The molecule has 0 atom stereocenters. The minimum atomic E-state index is -0.116. The van der Waals surface area contributed by atoms with E-state index in [0.29, 0.717) is 17.1 Å². The molecule has 1 amide bonds. The number of tetrazole rings is 1. The van der Waals surface area contributed by atoms with Crippen molar-refractivity contribution in [3.63, 3.8) is 0 Å². The SMILES string of the molecule is O=C(NCCCc1ncc[nH]1)c1sccc1-n1cnnn1. The number of H-pyrrole nitrogens is 1. The van der Waals surface area contributed by atoms with E-state index in [1.807, 2.05) is 11.4 Å². The monoisotopic (exact) mass is 303 g/mol. The molecule has 8 nitrogen and oxygen atoms in total. The topological polar surface area (TPSA) is 101 Å². The first-order chi connectivity index (χ1) is 10.3. The molecule has 0 fully saturated rings. The first-order valence-electron chi connectivity index (χ1n) is 6.42. The van der Waals surface area contributed by atoms with E-state index in [1.165, 1.54) is 22.3 Å². The highest BCUT2D eigenvalue weighted by atomic mass is 32.1. The number of nitrogens with one attached hydrogen (secondary N) is 2. The number of amides is 1. The van der Waals surface area contributed by atoms with Crippen LogP contribution >= 0.6 is 11.3 Å². The lowest BCUT2D eigenvalue weighted by molar-refractivity contribution is 0.0957. The fourth-order valence-corrected chi connectivity index (χ4v) is 2.69. The Morgan fingerprint density at radius 1 is 1.48 bits per heavy atom. The molecule has 3 aromatic rings. The van der Waals surface area contributed by atoms with Gasteiger partial charge in [0, 0.05) is 25.4 Å². The summed E-state index contributed by atoms with van der Waals surface area (Å²) in [5.74, 6) is 0.810. The van der Waals surface area contributed by atoms with Crippen molar-refractivity contribution >= 4 is 17.2 Å². The number of aromatic amines is 1. The second-order valence-corrected chi connectivity index (χ2v) is 5.20. The Morgan fingerprint density at radius 2 is 2.43 bits per heavy atom. The van der Waals surface area contributed by atoms with Crippen molar-refractivity contribution in [1.29, 1.82) is 0 Å². The number of carbonyl (C=O) groups excluding carboxylic acids is 1. The second kappa shape index (κ2) is 6.27. The Morgan fingerprint density at radius 3 is 3.19 bits per heavy atom. The molecule has 0 bridgehead atoms. The average Bonchev–Trinajstić information content (AvgIpc) is 3.24. The van der Waals surface area contributed by atoms with Crippen molar-refractivity contribution in [3.8, 4) is 5.69 Å². The summed E-state index contributed by atoms with van der Waals surface area (Å²) < 4.78 is 1.48. The molecule has 3 rings (SSSR count). The molecule has 0 aliphatic rings. The van der Waals surface area contributed by atoms with Gasteiger partial charge in [-0.1, -0.05) is 0 Å². The molecule has 0 saturated heterocycles. The lowest BCUT2D eigenvalue weighted by Crippen LogP contribution is -2.25. The minimum absolute atomic E-state index is 0.116. The Bertz CT molecular complexity index is 689. The minimum Gasteiger partial charge on any atom is -0.351 e. The highest BCUT2D eigenvalue weighted by molar-refractivity contribution is 7.12. The number of imidazole rings is 1. The number of thiophene rings is 1. The Balaban J connectivity index is 1.55. The molecule has 108 valence electrons. The van der Waals surface area contributed by atoms with Crippen molar-refractivity contribution < 1.29 is 4.79 Å². The van der Waals surface area contributed by atoms with Crippen LogP contribution < -0.4 is 5.32 Å². The summed E-state index contributed by atoms with van der Waals surface area (Å²) in [6, 6.07) is 1.82. The first kappa shape index (κ1) is 13.4. The normalized spacial score (nSPS) is 10.7. The standard InChI is InChI=1S/C12H13N7OS/c20-12(15-4-1-2-10-13-5-6-14-10)11-9(3-7-21-11)19-8-16-17-18-19/h3,5-8H,1-2,4H2,(H,13,14)(H,15,20). The van der Waals surface area contributed by atoms with Gasteiger partial charge in [-0.2, -0.15) is 4.68 Å². The van der Waals surface area contributed by atoms with Gasteiger partial charge in [0.25, 0.3) is 5.91 Å². The number of aromatic nitrogens is 6.